The lowest BCUT2D eigenvalue weighted by Crippen LogP contribution is -3.16. The third kappa shape index (κ3) is 4.30. The second-order valence-corrected chi connectivity index (χ2v) is 7.38. The fourth-order valence-electron chi connectivity index (χ4n) is 3.93. The molecular formula is C20H28N3O3+. The van der Waals surface area contributed by atoms with Gasteiger partial charge < -0.3 is 10.2 Å². The van der Waals surface area contributed by atoms with Crippen molar-refractivity contribution in [3.8, 4) is 0 Å². The Bertz CT molecular complexity index is 689. The zero-order valence-electron chi connectivity index (χ0n) is 15.4. The molecule has 26 heavy (non-hydrogen) atoms. The highest BCUT2D eigenvalue weighted by Gasteiger charge is 2.31. The maximum atomic E-state index is 12.5. The molecule has 0 spiro atoms. The third-order valence-corrected chi connectivity index (χ3v) is 5.52. The molecule has 2 aliphatic heterocycles. The Morgan fingerprint density at radius 2 is 2.08 bits per heavy atom. The summed E-state index contributed by atoms with van der Waals surface area (Å²) in [7, 11) is 0. The molecule has 3 rings (SSSR count). The molecule has 0 bridgehead atoms. The summed E-state index contributed by atoms with van der Waals surface area (Å²) >= 11 is 0. The van der Waals surface area contributed by atoms with Crippen molar-refractivity contribution in [1.29, 1.82) is 0 Å². The summed E-state index contributed by atoms with van der Waals surface area (Å²) in [4.78, 5) is 39.5. The van der Waals surface area contributed by atoms with E-state index in [1.807, 2.05) is 6.07 Å². The fourth-order valence-corrected chi connectivity index (χ4v) is 3.93. The van der Waals surface area contributed by atoms with E-state index in [9.17, 15) is 14.4 Å². The zero-order valence-corrected chi connectivity index (χ0v) is 15.4. The second-order valence-electron chi connectivity index (χ2n) is 7.38. The summed E-state index contributed by atoms with van der Waals surface area (Å²) < 4.78 is 0. The molecule has 3 amide bonds. The van der Waals surface area contributed by atoms with Gasteiger partial charge in [0, 0.05) is 18.5 Å². The largest absolute Gasteiger partial charge is 0.354 e. The first kappa shape index (κ1) is 18.6. The Morgan fingerprint density at radius 3 is 2.88 bits per heavy atom. The minimum Gasteiger partial charge on any atom is -0.354 e. The maximum Gasteiger partial charge on any atom is 0.261 e. The Balaban J connectivity index is 1.45. The van der Waals surface area contributed by atoms with Crippen molar-refractivity contribution in [1.82, 2.24) is 10.2 Å². The maximum absolute atomic E-state index is 12.5. The summed E-state index contributed by atoms with van der Waals surface area (Å²) in [5.74, 6) is -0.957. The van der Waals surface area contributed by atoms with Gasteiger partial charge in [-0.15, -0.1) is 0 Å². The number of quaternary nitrogens is 1. The molecule has 2 N–H and O–H groups in total. The number of piperidine rings is 1. The molecule has 0 aliphatic carbocycles. The predicted octanol–water partition coefficient (Wildman–Crippen LogP) is 0.175. The minimum atomic E-state index is -0.376. The lowest BCUT2D eigenvalue weighted by atomic mass is 9.98. The zero-order chi connectivity index (χ0) is 18.5. The number of nitrogens with zero attached hydrogens (tertiary/aromatic N) is 1. The average molecular weight is 358 g/mol. The van der Waals surface area contributed by atoms with Gasteiger partial charge in [0.05, 0.1) is 25.6 Å². The van der Waals surface area contributed by atoms with Crippen molar-refractivity contribution in [2.24, 2.45) is 0 Å². The third-order valence-electron chi connectivity index (χ3n) is 5.52. The van der Waals surface area contributed by atoms with Gasteiger partial charge in [-0.05, 0) is 37.8 Å². The van der Waals surface area contributed by atoms with Gasteiger partial charge in [0.1, 0.15) is 6.54 Å². The van der Waals surface area contributed by atoms with Gasteiger partial charge in [0.25, 0.3) is 5.91 Å². The molecule has 2 aliphatic rings. The number of amides is 3. The summed E-state index contributed by atoms with van der Waals surface area (Å²) in [6.07, 6.45) is 4.97. The van der Waals surface area contributed by atoms with Gasteiger partial charge in [-0.2, -0.15) is 0 Å². The molecule has 0 radical (unpaired) electrons. The van der Waals surface area contributed by atoms with Crippen LogP contribution in [0.5, 0.6) is 0 Å². The monoisotopic (exact) mass is 358 g/mol. The smallest absolute Gasteiger partial charge is 0.261 e. The SMILES string of the molecule is C[C@H]1CCCC[NH+]1CCCNC(=O)CN1C(=O)Cc2ccccc2C1=O. The first-order valence-electron chi connectivity index (χ1n) is 9.60. The summed E-state index contributed by atoms with van der Waals surface area (Å²) in [5, 5.41) is 2.85. The Hall–Kier alpha value is -2.21. The van der Waals surface area contributed by atoms with Crippen LogP contribution in [0.15, 0.2) is 24.3 Å². The standard InChI is InChI=1S/C20H27N3O3/c1-15-7-4-5-11-22(15)12-6-10-21-18(24)14-23-19(25)13-16-8-2-3-9-17(16)20(23)26/h2-3,8-9,15H,4-7,10-14H2,1H3,(H,21,24)/p+1/t15-/m0/s1. The number of imide groups is 1. The molecule has 2 atom stereocenters. The van der Waals surface area contributed by atoms with Gasteiger partial charge in [-0.1, -0.05) is 18.2 Å². The van der Waals surface area contributed by atoms with Gasteiger partial charge in [0.15, 0.2) is 0 Å². The number of fused-ring (bicyclic) bond motifs is 1. The van der Waals surface area contributed by atoms with E-state index in [1.165, 1.54) is 25.8 Å². The van der Waals surface area contributed by atoms with Crippen LogP contribution in [0.4, 0.5) is 0 Å². The van der Waals surface area contributed by atoms with Crippen LogP contribution in [0.2, 0.25) is 0 Å². The van der Waals surface area contributed by atoms with Crippen molar-refractivity contribution in [2.75, 3.05) is 26.2 Å². The van der Waals surface area contributed by atoms with Crippen molar-refractivity contribution < 1.29 is 19.3 Å². The molecule has 2 heterocycles. The van der Waals surface area contributed by atoms with Crippen molar-refractivity contribution in [3.63, 3.8) is 0 Å². The Morgan fingerprint density at radius 1 is 1.27 bits per heavy atom. The fraction of sp³-hybridized carbons (Fsp3) is 0.550. The van der Waals surface area contributed by atoms with E-state index in [-0.39, 0.29) is 30.7 Å². The van der Waals surface area contributed by atoms with Crippen molar-refractivity contribution in [3.05, 3.63) is 35.4 Å². The van der Waals surface area contributed by atoms with Crippen LogP contribution in [-0.2, 0) is 16.0 Å². The predicted molar refractivity (Wildman–Crippen MR) is 97.8 cm³/mol. The Labute approximate surface area is 154 Å². The van der Waals surface area contributed by atoms with Crippen LogP contribution in [0.25, 0.3) is 0 Å². The molecule has 1 aromatic rings. The van der Waals surface area contributed by atoms with E-state index >= 15 is 0 Å². The van der Waals surface area contributed by atoms with Crippen molar-refractivity contribution >= 4 is 17.7 Å². The van der Waals surface area contributed by atoms with E-state index in [1.54, 1.807) is 23.1 Å². The number of hydrogen-bond acceptors (Lipinski definition) is 3. The Kier molecular flexibility index (Phi) is 6.04. The molecule has 6 nitrogen and oxygen atoms in total. The topological polar surface area (TPSA) is 70.9 Å². The quantitative estimate of drug-likeness (QED) is 0.563. The van der Waals surface area contributed by atoms with Gasteiger partial charge in [-0.3, -0.25) is 19.3 Å². The highest BCUT2D eigenvalue weighted by atomic mass is 16.2. The average Bonchev–Trinajstić information content (AvgIpc) is 2.63. The molecule has 0 aromatic heterocycles. The number of benzene rings is 1. The molecule has 1 saturated heterocycles. The highest BCUT2D eigenvalue weighted by Crippen LogP contribution is 2.19. The molecule has 0 saturated carbocycles. The number of likely N-dealkylation sites (tertiary alicyclic amines) is 1. The number of hydrogen-bond donors (Lipinski definition) is 2. The van der Waals surface area contributed by atoms with Gasteiger partial charge in [-0.25, -0.2) is 0 Å². The van der Waals surface area contributed by atoms with E-state index in [0.717, 1.165) is 23.4 Å². The molecule has 1 unspecified atom stereocenters. The van der Waals surface area contributed by atoms with Crippen LogP contribution in [0.3, 0.4) is 0 Å². The lowest BCUT2D eigenvalue weighted by Gasteiger charge is -2.30. The molecule has 140 valence electrons. The molecule has 6 heteroatoms. The summed E-state index contributed by atoms with van der Waals surface area (Å²) in [5.41, 5.74) is 1.25. The van der Waals surface area contributed by atoms with Crippen LogP contribution in [-0.4, -0.2) is 54.8 Å². The minimum absolute atomic E-state index is 0.172. The number of rotatable bonds is 6. The molecule has 1 aromatic carbocycles. The van der Waals surface area contributed by atoms with Crippen LogP contribution >= 0.6 is 0 Å². The van der Waals surface area contributed by atoms with Gasteiger partial charge >= 0.3 is 0 Å². The van der Waals surface area contributed by atoms with E-state index in [0.29, 0.717) is 18.2 Å². The van der Waals surface area contributed by atoms with Gasteiger partial charge in [0.2, 0.25) is 11.8 Å². The van der Waals surface area contributed by atoms with E-state index in [4.69, 9.17) is 0 Å². The summed E-state index contributed by atoms with van der Waals surface area (Å²) in [6, 6.07) is 7.77. The molecular weight excluding hydrogens is 330 g/mol. The number of carbonyl (C=O) groups excluding carboxylic acids is 3. The van der Waals surface area contributed by atoms with E-state index < -0.39 is 0 Å². The number of nitrogens with one attached hydrogen (secondary N) is 2. The van der Waals surface area contributed by atoms with Crippen molar-refractivity contribution in [2.45, 2.75) is 45.1 Å². The highest BCUT2D eigenvalue weighted by molar-refractivity contribution is 6.11. The normalized spacial score (nSPS) is 22.9. The first-order valence-corrected chi connectivity index (χ1v) is 9.60. The number of carbonyl (C=O) groups is 3. The molecule has 1 fully saturated rings. The van der Waals surface area contributed by atoms with Crippen LogP contribution in [0, 0.1) is 0 Å². The van der Waals surface area contributed by atoms with Crippen LogP contribution in [0.1, 0.15) is 48.5 Å². The first-order chi connectivity index (χ1) is 12.6. The van der Waals surface area contributed by atoms with Crippen LogP contribution < -0.4 is 10.2 Å². The second kappa shape index (κ2) is 8.45. The lowest BCUT2D eigenvalue weighted by molar-refractivity contribution is -0.928. The van der Waals surface area contributed by atoms with E-state index in [2.05, 4.69) is 12.2 Å². The summed E-state index contributed by atoms with van der Waals surface area (Å²) in [6.45, 7) is 4.95.